The van der Waals surface area contributed by atoms with Gasteiger partial charge in [0.05, 0.1) is 37.8 Å². The molecule has 0 aromatic carbocycles. The molecule has 5 heterocycles. The van der Waals surface area contributed by atoms with E-state index in [0.29, 0.717) is 29.3 Å². The lowest BCUT2D eigenvalue weighted by Crippen LogP contribution is -2.37. The molecule has 0 bridgehead atoms. The molecule has 0 aliphatic carbocycles. The molecule has 1 saturated heterocycles. The summed E-state index contributed by atoms with van der Waals surface area (Å²) in [5, 5.41) is 4.55. The number of pyridine rings is 1. The highest BCUT2D eigenvalue weighted by atomic mass is 19.1. The van der Waals surface area contributed by atoms with Crippen LogP contribution in [-0.4, -0.2) is 72.0 Å². The quantitative estimate of drug-likeness (QED) is 0.428. The Morgan fingerprint density at radius 3 is 2.70 bits per heavy atom. The first-order chi connectivity index (χ1) is 16.1. The van der Waals surface area contributed by atoms with Crippen molar-refractivity contribution >= 4 is 11.2 Å². The zero-order chi connectivity index (χ0) is 22.8. The highest BCUT2D eigenvalue weighted by molar-refractivity contribution is 5.79. The molecule has 9 nitrogen and oxygen atoms in total. The van der Waals surface area contributed by atoms with E-state index in [2.05, 4.69) is 31.1 Å². The topological polar surface area (TPSA) is 86.8 Å². The summed E-state index contributed by atoms with van der Waals surface area (Å²) in [5.74, 6) is 0.877. The molecule has 33 heavy (non-hydrogen) atoms. The fourth-order valence-electron chi connectivity index (χ4n) is 4.25. The van der Waals surface area contributed by atoms with Crippen LogP contribution in [0, 0.1) is 19.7 Å². The van der Waals surface area contributed by atoms with Gasteiger partial charge in [-0.15, -0.1) is 0 Å². The Morgan fingerprint density at radius 1 is 1.03 bits per heavy atom. The second-order valence-electron chi connectivity index (χ2n) is 8.36. The van der Waals surface area contributed by atoms with Crippen molar-refractivity contribution in [2.45, 2.75) is 33.4 Å². The van der Waals surface area contributed by atoms with Crippen LogP contribution < -0.4 is 0 Å². The van der Waals surface area contributed by atoms with Crippen molar-refractivity contribution in [3.8, 4) is 11.4 Å². The maximum absolute atomic E-state index is 13.9. The third-order valence-corrected chi connectivity index (χ3v) is 5.84. The van der Waals surface area contributed by atoms with Crippen molar-refractivity contribution in [1.82, 2.24) is 39.2 Å². The van der Waals surface area contributed by atoms with E-state index in [1.807, 2.05) is 29.3 Å². The minimum absolute atomic E-state index is 0.404. The number of aryl methyl sites for hydroxylation is 3. The molecule has 1 aliphatic rings. The van der Waals surface area contributed by atoms with Crippen LogP contribution in [0.5, 0.6) is 0 Å². The summed E-state index contributed by atoms with van der Waals surface area (Å²) in [5.41, 5.74) is 3.85. The maximum atomic E-state index is 13.9. The van der Waals surface area contributed by atoms with Gasteiger partial charge in [0.25, 0.3) is 0 Å². The van der Waals surface area contributed by atoms with Crippen molar-refractivity contribution in [1.29, 1.82) is 0 Å². The first-order valence-electron chi connectivity index (χ1n) is 11.2. The molecule has 0 spiro atoms. The van der Waals surface area contributed by atoms with Gasteiger partial charge < -0.3 is 9.30 Å². The molecule has 0 unspecified atom stereocenters. The fraction of sp³-hybridized carbons (Fsp3) is 0.435. The van der Waals surface area contributed by atoms with E-state index in [1.165, 1.54) is 12.3 Å². The number of halogens is 1. The van der Waals surface area contributed by atoms with Crippen molar-refractivity contribution < 1.29 is 9.13 Å². The number of hydrogen-bond donors (Lipinski definition) is 0. The minimum Gasteiger partial charge on any atom is -0.379 e. The third kappa shape index (κ3) is 4.76. The lowest BCUT2D eigenvalue weighted by Gasteiger charge is -2.26. The first kappa shape index (κ1) is 21.6. The second-order valence-corrected chi connectivity index (χ2v) is 8.36. The SMILES string of the molecule is Cc1nc(C)c2nc(-c3cncc(F)c3)n(Cc3cnn(CCCN4CCOCC4)c3)c2n1. The number of imidazole rings is 1. The average Bonchev–Trinajstić information content (AvgIpc) is 3.40. The van der Waals surface area contributed by atoms with Gasteiger partial charge >= 0.3 is 0 Å². The largest absolute Gasteiger partial charge is 0.379 e. The molecule has 0 atom stereocenters. The molecule has 4 aromatic rings. The summed E-state index contributed by atoms with van der Waals surface area (Å²) < 4.78 is 23.3. The van der Waals surface area contributed by atoms with Crippen molar-refractivity contribution in [2.24, 2.45) is 0 Å². The summed E-state index contributed by atoms with van der Waals surface area (Å²) in [6.45, 7) is 9.80. The molecule has 172 valence electrons. The number of morpholine rings is 1. The predicted molar refractivity (Wildman–Crippen MR) is 121 cm³/mol. The van der Waals surface area contributed by atoms with Gasteiger partial charge in [0, 0.05) is 49.7 Å². The van der Waals surface area contributed by atoms with Crippen molar-refractivity contribution in [3.63, 3.8) is 0 Å². The predicted octanol–water partition coefficient (Wildman–Crippen LogP) is 2.61. The first-order valence-corrected chi connectivity index (χ1v) is 11.2. The van der Waals surface area contributed by atoms with E-state index in [1.54, 1.807) is 6.20 Å². The van der Waals surface area contributed by atoms with E-state index in [4.69, 9.17) is 9.72 Å². The van der Waals surface area contributed by atoms with E-state index in [-0.39, 0.29) is 0 Å². The van der Waals surface area contributed by atoms with Gasteiger partial charge in [-0.1, -0.05) is 0 Å². The minimum atomic E-state index is -0.404. The zero-order valence-electron chi connectivity index (χ0n) is 18.9. The Bertz CT molecular complexity index is 1260. The van der Waals surface area contributed by atoms with Gasteiger partial charge in [0.2, 0.25) is 0 Å². The molecule has 1 aliphatic heterocycles. The lowest BCUT2D eigenvalue weighted by molar-refractivity contribution is 0.0368. The molecule has 0 amide bonds. The van der Waals surface area contributed by atoms with Gasteiger partial charge in [0.1, 0.15) is 23.0 Å². The fourth-order valence-corrected chi connectivity index (χ4v) is 4.25. The van der Waals surface area contributed by atoms with Crippen LogP contribution >= 0.6 is 0 Å². The Balaban J connectivity index is 1.39. The maximum Gasteiger partial charge on any atom is 0.164 e. The van der Waals surface area contributed by atoms with Gasteiger partial charge in [0.15, 0.2) is 5.65 Å². The smallest absolute Gasteiger partial charge is 0.164 e. The molecular weight excluding hydrogens is 423 g/mol. The molecule has 10 heteroatoms. The lowest BCUT2D eigenvalue weighted by atomic mass is 10.2. The van der Waals surface area contributed by atoms with Crippen molar-refractivity contribution in [2.75, 3.05) is 32.8 Å². The summed E-state index contributed by atoms with van der Waals surface area (Å²) in [6.07, 6.45) is 7.76. The molecule has 0 N–H and O–H groups in total. The number of fused-ring (bicyclic) bond motifs is 1. The second kappa shape index (κ2) is 9.32. The van der Waals surface area contributed by atoms with E-state index in [0.717, 1.165) is 62.7 Å². The summed E-state index contributed by atoms with van der Waals surface area (Å²) in [6, 6.07) is 1.44. The Morgan fingerprint density at radius 2 is 1.88 bits per heavy atom. The zero-order valence-corrected chi connectivity index (χ0v) is 18.9. The summed E-state index contributed by atoms with van der Waals surface area (Å²) in [4.78, 5) is 20.3. The molecule has 0 saturated carbocycles. The van der Waals surface area contributed by atoms with Crippen LogP contribution in [0.4, 0.5) is 4.39 Å². The van der Waals surface area contributed by atoms with E-state index < -0.39 is 5.82 Å². The molecule has 0 radical (unpaired) electrons. The number of rotatable bonds is 7. The molecule has 5 rings (SSSR count). The molecular formula is C23H27FN8O. The number of ether oxygens (including phenoxy) is 1. The van der Waals surface area contributed by atoms with E-state index in [9.17, 15) is 4.39 Å². The average molecular weight is 451 g/mol. The third-order valence-electron chi connectivity index (χ3n) is 5.84. The van der Waals surface area contributed by atoms with Crippen LogP contribution in [0.25, 0.3) is 22.6 Å². The molecule has 4 aromatic heterocycles. The standard InChI is InChI=1S/C23H27FN8O/c1-16-21-23(28-17(2)27-16)32(22(29-21)19-10-20(24)13-25-12-19)15-18-11-26-31(14-18)5-3-4-30-6-8-33-9-7-30/h10-14H,3-9,15H2,1-2H3. The molecule has 1 fully saturated rings. The van der Waals surface area contributed by atoms with Gasteiger partial charge in [-0.3, -0.25) is 14.6 Å². The van der Waals surface area contributed by atoms with Gasteiger partial charge in [-0.2, -0.15) is 5.10 Å². The number of nitrogens with zero attached hydrogens (tertiary/aromatic N) is 8. The number of hydrogen-bond acceptors (Lipinski definition) is 7. The van der Waals surface area contributed by atoms with Gasteiger partial charge in [-0.05, 0) is 26.3 Å². The van der Waals surface area contributed by atoms with Crippen molar-refractivity contribution in [3.05, 3.63) is 53.8 Å². The van der Waals surface area contributed by atoms with Crippen LogP contribution in [0.3, 0.4) is 0 Å². The highest BCUT2D eigenvalue weighted by Gasteiger charge is 2.18. The van der Waals surface area contributed by atoms with Crippen LogP contribution in [0.1, 0.15) is 23.5 Å². The van der Waals surface area contributed by atoms with Crippen LogP contribution in [0.15, 0.2) is 30.9 Å². The Kier molecular flexibility index (Phi) is 6.10. The monoisotopic (exact) mass is 450 g/mol. The van der Waals surface area contributed by atoms with E-state index >= 15 is 0 Å². The normalized spacial score (nSPS) is 14.9. The Hall–Kier alpha value is -3.24. The van der Waals surface area contributed by atoms with Crippen LogP contribution in [0.2, 0.25) is 0 Å². The summed E-state index contributed by atoms with van der Waals surface area (Å²) >= 11 is 0. The highest BCUT2D eigenvalue weighted by Crippen LogP contribution is 2.26. The summed E-state index contributed by atoms with van der Waals surface area (Å²) in [7, 11) is 0. The number of aromatic nitrogens is 7. The van der Waals surface area contributed by atoms with Crippen LogP contribution in [-0.2, 0) is 17.8 Å². The Labute approximate surface area is 191 Å². The van der Waals surface area contributed by atoms with Gasteiger partial charge in [-0.25, -0.2) is 19.3 Å².